The SMILES string of the molecule is CN(C)c1cc(C2(C(=O)O)CC2)ccc1F. The van der Waals surface area contributed by atoms with E-state index in [9.17, 15) is 9.18 Å². The van der Waals surface area contributed by atoms with Crippen molar-refractivity contribution in [1.82, 2.24) is 0 Å². The van der Waals surface area contributed by atoms with Crippen LogP contribution in [0.4, 0.5) is 10.1 Å². The fraction of sp³-hybridized carbons (Fsp3) is 0.417. The van der Waals surface area contributed by atoms with E-state index in [2.05, 4.69) is 0 Å². The van der Waals surface area contributed by atoms with Crippen molar-refractivity contribution in [3.05, 3.63) is 29.6 Å². The molecule has 1 aromatic rings. The number of aliphatic carboxylic acids is 1. The number of halogens is 1. The van der Waals surface area contributed by atoms with E-state index in [-0.39, 0.29) is 5.82 Å². The van der Waals surface area contributed by atoms with Crippen LogP contribution in [-0.4, -0.2) is 25.2 Å². The molecule has 0 spiro atoms. The van der Waals surface area contributed by atoms with Crippen molar-refractivity contribution in [3.8, 4) is 0 Å². The summed E-state index contributed by atoms with van der Waals surface area (Å²) in [5.41, 5.74) is 0.369. The maximum absolute atomic E-state index is 13.4. The van der Waals surface area contributed by atoms with E-state index in [0.717, 1.165) is 0 Å². The fourth-order valence-corrected chi connectivity index (χ4v) is 1.90. The summed E-state index contributed by atoms with van der Waals surface area (Å²) in [5.74, 6) is -1.14. The third-order valence-corrected chi connectivity index (χ3v) is 3.14. The van der Waals surface area contributed by atoms with Crippen LogP contribution in [0.25, 0.3) is 0 Å². The Kier molecular flexibility index (Phi) is 2.37. The summed E-state index contributed by atoms with van der Waals surface area (Å²) >= 11 is 0. The minimum Gasteiger partial charge on any atom is -0.481 e. The van der Waals surface area contributed by atoms with Gasteiger partial charge < -0.3 is 10.0 Å². The van der Waals surface area contributed by atoms with Crippen LogP contribution >= 0.6 is 0 Å². The van der Waals surface area contributed by atoms with Crippen LogP contribution in [0.2, 0.25) is 0 Å². The molecule has 1 aliphatic rings. The van der Waals surface area contributed by atoms with Gasteiger partial charge in [0.2, 0.25) is 0 Å². The number of carboxylic acid groups (broad SMARTS) is 1. The minimum absolute atomic E-state index is 0.324. The van der Waals surface area contributed by atoms with E-state index in [4.69, 9.17) is 5.11 Å². The molecule has 1 N–H and O–H groups in total. The Balaban J connectivity index is 2.44. The van der Waals surface area contributed by atoms with Gasteiger partial charge in [0.25, 0.3) is 0 Å². The summed E-state index contributed by atoms with van der Waals surface area (Å²) < 4.78 is 13.4. The quantitative estimate of drug-likeness (QED) is 0.852. The molecule has 3 nitrogen and oxygen atoms in total. The van der Waals surface area contributed by atoms with Gasteiger partial charge in [0.05, 0.1) is 11.1 Å². The Morgan fingerprint density at radius 2 is 2.06 bits per heavy atom. The number of hydrogen-bond acceptors (Lipinski definition) is 2. The van der Waals surface area contributed by atoms with Gasteiger partial charge in [0.1, 0.15) is 5.82 Å². The van der Waals surface area contributed by atoms with E-state index in [1.54, 1.807) is 31.1 Å². The van der Waals surface area contributed by atoms with Gasteiger partial charge in [-0.05, 0) is 30.5 Å². The first-order valence-electron chi connectivity index (χ1n) is 5.18. The Hall–Kier alpha value is -1.58. The second kappa shape index (κ2) is 3.47. The number of rotatable bonds is 3. The molecule has 1 aliphatic carbocycles. The largest absolute Gasteiger partial charge is 0.481 e. The molecule has 0 aliphatic heterocycles. The summed E-state index contributed by atoms with van der Waals surface area (Å²) in [6, 6.07) is 4.55. The van der Waals surface area contributed by atoms with Gasteiger partial charge in [-0.1, -0.05) is 6.07 Å². The maximum Gasteiger partial charge on any atom is 0.314 e. The Morgan fingerprint density at radius 1 is 1.44 bits per heavy atom. The Morgan fingerprint density at radius 3 is 2.50 bits per heavy atom. The van der Waals surface area contributed by atoms with Gasteiger partial charge in [0.15, 0.2) is 0 Å². The van der Waals surface area contributed by atoms with Crippen molar-refractivity contribution in [2.24, 2.45) is 0 Å². The van der Waals surface area contributed by atoms with Crippen molar-refractivity contribution < 1.29 is 14.3 Å². The molecule has 0 aromatic heterocycles. The summed E-state index contributed by atoms with van der Waals surface area (Å²) in [5, 5.41) is 9.15. The van der Waals surface area contributed by atoms with Crippen LogP contribution < -0.4 is 4.90 Å². The van der Waals surface area contributed by atoms with Crippen LogP contribution in [-0.2, 0) is 10.2 Å². The van der Waals surface area contributed by atoms with Gasteiger partial charge in [-0.15, -0.1) is 0 Å². The number of carbonyl (C=O) groups is 1. The van der Waals surface area contributed by atoms with Crippen molar-refractivity contribution in [2.45, 2.75) is 18.3 Å². The molecule has 0 unspecified atom stereocenters. The predicted molar refractivity (Wildman–Crippen MR) is 59.3 cm³/mol. The Bertz CT molecular complexity index is 439. The number of anilines is 1. The zero-order valence-corrected chi connectivity index (χ0v) is 9.33. The highest BCUT2D eigenvalue weighted by Crippen LogP contribution is 2.49. The fourth-order valence-electron chi connectivity index (χ4n) is 1.90. The average molecular weight is 223 g/mol. The van der Waals surface area contributed by atoms with E-state index >= 15 is 0 Å². The highest BCUT2D eigenvalue weighted by Gasteiger charge is 2.51. The summed E-state index contributed by atoms with van der Waals surface area (Å²) in [7, 11) is 3.48. The zero-order valence-electron chi connectivity index (χ0n) is 9.33. The molecular formula is C12H14FNO2. The van der Waals surface area contributed by atoms with Gasteiger partial charge in [0, 0.05) is 14.1 Å². The lowest BCUT2D eigenvalue weighted by atomic mass is 9.95. The molecule has 1 aromatic carbocycles. The Labute approximate surface area is 93.5 Å². The third kappa shape index (κ3) is 1.54. The predicted octanol–water partition coefficient (Wildman–Crippen LogP) is 2.01. The zero-order chi connectivity index (χ0) is 11.9. The lowest BCUT2D eigenvalue weighted by molar-refractivity contribution is -0.140. The van der Waals surface area contributed by atoms with Crippen LogP contribution in [0.15, 0.2) is 18.2 Å². The van der Waals surface area contributed by atoms with Gasteiger partial charge in [-0.3, -0.25) is 4.79 Å². The first kappa shape index (κ1) is 10.9. The second-order valence-corrected chi connectivity index (χ2v) is 4.45. The molecule has 1 saturated carbocycles. The molecule has 1 fully saturated rings. The third-order valence-electron chi connectivity index (χ3n) is 3.14. The first-order valence-corrected chi connectivity index (χ1v) is 5.18. The van der Waals surface area contributed by atoms with Crippen molar-refractivity contribution in [3.63, 3.8) is 0 Å². The summed E-state index contributed by atoms with van der Waals surface area (Å²) in [4.78, 5) is 12.8. The van der Waals surface area contributed by atoms with Gasteiger partial charge in [-0.25, -0.2) is 4.39 Å². The van der Waals surface area contributed by atoms with Crippen molar-refractivity contribution in [1.29, 1.82) is 0 Å². The molecule has 0 atom stereocenters. The monoisotopic (exact) mass is 223 g/mol. The highest BCUT2D eigenvalue weighted by molar-refractivity contribution is 5.85. The number of nitrogens with zero attached hydrogens (tertiary/aromatic N) is 1. The van der Waals surface area contributed by atoms with E-state index in [1.165, 1.54) is 6.07 Å². The van der Waals surface area contributed by atoms with Crippen molar-refractivity contribution in [2.75, 3.05) is 19.0 Å². The van der Waals surface area contributed by atoms with E-state index < -0.39 is 11.4 Å². The number of benzene rings is 1. The molecule has 2 rings (SSSR count). The van der Waals surface area contributed by atoms with Crippen LogP contribution in [0.3, 0.4) is 0 Å². The van der Waals surface area contributed by atoms with Crippen molar-refractivity contribution >= 4 is 11.7 Å². The normalized spacial score (nSPS) is 16.9. The topological polar surface area (TPSA) is 40.5 Å². The van der Waals surface area contributed by atoms with Crippen LogP contribution in [0.1, 0.15) is 18.4 Å². The summed E-state index contributed by atoms with van der Waals surface area (Å²) in [6.07, 6.45) is 1.28. The minimum atomic E-state index is -0.816. The smallest absolute Gasteiger partial charge is 0.314 e. The number of carboxylic acids is 1. The molecular weight excluding hydrogens is 209 g/mol. The van der Waals surface area contributed by atoms with E-state index in [0.29, 0.717) is 24.1 Å². The molecule has 0 heterocycles. The maximum atomic E-state index is 13.4. The molecule has 16 heavy (non-hydrogen) atoms. The van der Waals surface area contributed by atoms with E-state index in [1.807, 2.05) is 0 Å². The number of hydrogen-bond donors (Lipinski definition) is 1. The molecule has 0 saturated heterocycles. The average Bonchev–Trinajstić information content (AvgIpc) is 2.98. The standard InChI is InChI=1S/C12H14FNO2/c1-14(2)10-7-8(3-4-9(10)13)12(5-6-12)11(15)16/h3-4,7H,5-6H2,1-2H3,(H,15,16). The molecule has 4 heteroatoms. The summed E-state index contributed by atoms with van der Waals surface area (Å²) in [6.45, 7) is 0. The van der Waals surface area contributed by atoms with Crippen LogP contribution in [0.5, 0.6) is 0 Å². The molecule has 0 amide bonds. The second-order valence-electron chi connectivity index (χ2n) is 4.45. The highest BCUT2D eigenvalue weighted by atomic mass is 19.1. The lowest BCUT2D eigenvalue weighted by Gasteiger charge is -2.17. The molecule has 0 bridgehead atoms. The van der Waals surface area contributed by atoms with Gasteiger partial charge in [-0.2, -0.15) is 0 Å². The molecule has 0 radical (unpaired) electrons. The van der Waals surface area contributed by atoms with Crippen LogP contribution in [0, 0.1) is 5.82 Å². The lowest BCUT2D eigenvalue weighted by Crippen LogP contribution is -2.20. The first-order chi connectivity index (χ1) is 7.47. The molecule has 86 valence electrons. The van der Waals surface area contributed by atoms with Gasteiger partial charge >= 0.3 is 5.97 Å².